The summed E-state index contributed by atoms with van der Waals surface area (Å²) < 4.78 is 0. The van der Waals surface area contributed by atoms with Crippen molar-refractivity contribution in [3.8, 4) is 0 Å². The molecule has 1 rings (SSSR count). The Kier molecular flexibility index (Phi) is 4.93. The fraction of sp³-hybridized carbons (Fsp3) is 0.909. The normalized spacial score (nSPS) is 28.9. The maximum atomic E-state index is 12.1. The van der Waals surface area contributed by atoms with Crippen LogP contribution in [0.3, 0.4) is 0 Å². The summed E-state index contributed by atoms with van der Waals surface area (Å²) in [4.78, 5) is 14.2. The van der Waals surface area contributed by atoms with Gasteiger partial charge in [0.25, 0.3) is 0 Å². The van der Waals surface area contributed by atoms with E-state index in [2.05, 4.69) is 19.2 Å². The molecule has 3 unspecified atom stereocenters. The minimum atomic E-state index is 0.0905. The zero-order chi connectivity index (χ0) is 11.4. The molecule has 88 valence electrons. The number of carbonyl (C=O) groups is 1. The standard InChI is InChI=1S/C11H22N2OS/c1-8(7-12-4)11(14)13-5-6-15-10(3)9(13)2/h8-10,12H,5-7H2,1-4H3. The van der Waals surface area contributed by atoms with E-state index >= 15 is 0 Å². The van der Waals surface area contributed by atoms with Gasteiger partial charge in [-0.15, -0.1) is 0 Å². The maximum absolute atomic E-state index is 12.1. The number of hydrogen-bond acceptors (Lipinski definition) is 3. The van der Waals surface area contributed by atoms with Gasteiger partial charge in [-0.1, -0.05) is 13.8 Å². The van der Waals surface area contributed by atoms with Gasteiger partial charge in [-0.05, 0) is 14.0 Å². The number of carbonyl (C=O) groups excluding carboxylic acids is 1. The topological polar surface area (TPSA) is 32.3 Å². The van der Waals surface area contributed by atoms with Gasteiger partial charge >= 0.3 is 0 Å². The summed E-state index contributed by atoms with van der Waals surface area (Å²) in [7, 11) is 1.89. The van der Waals surface area contributed by atoms with Gasteiger partial charge in [0.05, 0.1) is 0 Å². The Morgan fingerprint density at radius 3 is 2.87 bits per heavy atom. The van der Waals surface area contributed by atoms with Crippen LogP contribution >= 0.6 is 11.8 Å². The molecule has 1 amide bonds. The fourth-order valence-corrected chi connectivity index (χ4v) is 3.02. The first kappa shape index (κ1) is 12.8. The Labute approximate surface area is 97.0 Å². The highest BCUT2D eigenvalue weighted by Gasteiger charge is 2.30. The van der Waals surface area contributed by atoms with Crippen molar-refractivity contribution in [3.05, 3.63) is 0 Å². The molecule has 0 aromatic carbocycles. The van der Waals surface area contributed by atoms with E-state index in [-0.39, 0.29) is 5.92 Å². The molecule has 15 heavy (non-hydrogen) atoms. The molecule has 1 aliphatic rings. The Bertz CT molecular complexity index is 223. The summed E-state index contributed by atoms with van der Waals surface area (Å²) in [6, 6.07) is 0.371. The molecular weight excluding hydrogens is 208 g/mol. The average molecular weight is 230 g/mol. The molecule has 1 saturated heterocycles. The Morgan fingerprint density at radius 1 is 1.60 bits per heavy atom. The van der Waals surface area contributed by atoms with Crippen LogP contribution in [0.2, 0.25) is 0 Å². The number of nitrogens with zero attached hydrogens (tertiary/aromatic N) is 1. The van der Waals surface area contributed by atoms with Crippen LogP contribution in [0.15, 0.2) is 0 Å². The summed E-state index contributed by atoms with van der Waals surface area (Å²) in [5, 5.41) is 3.62. The lowest BCUT2D eigenvalue weighted by molar-refractivity contribution is -0.136. The van der Waals surface area contributed by atoms with Gasteiger partial charge in [0.15, 0.2) is 0 Å². The predicted octanol–water partition coefficient (Wildman–Crippen LogP) is 1.19. The first-order chi connectivity index (χ1) is 7.07. The van der Waals surface area contributed by atoms with Crippen molar-refractivity contribution in [1.29, 1.82) is 0 Å². The van der Waals surface area contributed by atoms with E-state index in [1.54, 1.807) is 0 Å². The van der Waals surface area contributed by atoms with Crippen molar-refractivity contribution >= 4 is 17.7 Å². The van der Waals surface area contributed by atoms with Crippen LogP contribution in [-0.2, 0) is 4.79 Å². The van der Waals surface area contributed by atoms with Crippen molar-refractivity contribution in [2.75, 3.05) is 25.9 Å². The van der Waals surface area contributed by atoms with E-state index in [1.165, 1.54) is 0 Å². The first-order valence-corrected chi connectivity index (χ1v) is 6.69. The van der Waals surface area contributed by atoms with Crippen LogP contribution < -0.4 is 5.32 Å². The lowest BCUT2D eigenvalue weighted by atomic mass is 10.1. The van der Waals surface area contributed by atoms with Gasteiger partial charge < -0.3 is 10.2 Å². The number of amides is 1. The smallest absolute Gasteiger partial charge is 0.226 e. The van der Waals surface area contributed by atoms with Gasteiger partial charge in [0, 0.05) is 36.1 Å². The number of rotatable bonds is 3. The molecule has 0 saturated carbocycles. The van der Waals surface area contributed by atoms with E-state index in [9.17, 15) is 4.79 Å². The maximum Gasteiger partial charge on any atom is 0.226 e. The minimum Gasteiger partial charge on any atom is -0.338 e. The van der Waals surface area contributed by atoms with Crippen molar-refractivity contribution in [3.63, 3.8) is 0 Å². The third-order valence-electron chi connectivity index (χ3n) is 3.10. The van der Waals surface area contributed by atoms with Crippen LogP contribution in [-0.4, -0.2) is 48.0 Å². The molecule has 4 heteroatoms. The van der Waals surface area contributed by atoms with Crippen LogP contribution in [0.4, 0.5) is 0 Å². The third-order valence-corrected chi connectivity index (χ3v) is 4.44. The Balaban J connectivity index is 2.57. The minimum absolute atomic E-state index is 0.0905. The second-order valence-electron chi connectivity index (χ2n) is 4.31. The lowest BCUT2D eigenvalue weighted by Gasteiger charge is -2.38. The number of nitrogens with one attached hydrogen (secondary N) is 1. The predicted molar refractivity (Wildman–Crippen MR) is 66.2 cm³/mol. The second kappa shape index (κ2) is 5.75. The van der Waals surface area contributed by atoms with E-state index in [0.29, 0.717) is 17.2 Å². The molecule has 1 aliphatic heterocycles. The molecule has 0 bridgehead atoms. The number of hydrogen-bond donors (Lipinski definition) is 1. The molecule has 1 heterocycles. The second-order valence-corrected chi connectivity index (χ2v) is 5.79. The molecule has 0 aromatic heterocycles. The van der Waals surface area contributed by atoms with Crippen molar-refractivity contribution in [2.24, 2.45) is 5.92 Å². The van der Waals surface area contributed by atoms with Gasteiger partial charge in [-0.2, -0.15) is 11.8 Å². The highest BCUT2D eigenvalue weighted by molar-refractivity contribution is 8.00. The fourth-order valence-electron chi connectivity index (χ4n) is 1.92. The summed E-state index contributed by atoms with van der Waals surface area (Å²) in [5.41, 5.74) is 0. The van der Waals surface area contributed by atoms with E-state index in [0.717, 1.165) is 18.8 Å². The quantitative estimate of drug-likeness (QED) is 0.790. The van der Waals surface area contributed by atoms with Crippen LogP contribution in [0.5, 0.6) is 0 Å². The third kappa shape index (κ3) is 3.11. The zero-order valence-corrected chi connectivity index (χ0v) is 10.9. The highest BCUT2D eigenvalue weighted by atomic mass is 32.2. The molecule has 1 N–H and O–H groups in total. The van der Waals surface area contributed by atoms with Crippen LogP contribution in [0, 0.1) is 5.92 Å². The van der Waals surface area contributed by atoms with Gasteiger partial charge in [0.1, 0.15) is 0 Å². The average Bonchev–Trinajstić information content (AvgIpc) is 2.21. The molecular formula is C11H22N2OS. The molecule has 3 atom stereocenters. The summed E-state index contributed by atoms with van der Waals surface area (Å²) >= 11 is 1.96. The number of thioether (sulfide) groups is 1. The first-order valence-electron chi connectivity index (χ1n) is 5.64. The largest absolute Gasteiger partial charge is 0.338 e. The molecule has 0 spiro atoms. The zero-order valence-electron chi connectivity index (χ0n) is 10.1. The van der Waals surface area contributed by atoms with Crippen LogP contribution in [0.1, 0.15) is 20.8 Å². The molecule has 3 nitrogen and oxygen atoms in total. The van der Waals surface area contributed by atoms with E-state index in [1.807, 2.05) is 30.6 Å². The molecule has 0 radical (unpaired) electrons. The van der Waals surface area contributed by atoms with Crippen molar-refractivity contribution in [2.45, 2.75) is 32.1 Å². The SMILES string of the molecule is CNCC(C)C(=O)N1CCSC(C)C1C. The lowest BCUT2D eigenvalue weighted by Crippen LogP contribution is -2.50. The Hall–Kier alpha value is -0.220. The van der Waals surface area contributed by atoms with E-state index < -0.39 is 0 Å². The van der Waals surface area contributed by atoms with E-state index in [4.69, 9.17) is 0 Å². The van der Waals surface area contributed by atoms with Crippen LogP contribution in [0.25, 0.3) is 0 Å². The Morgan fingerprint density at radius 2 is 2.27 bits per heavy atom. The van der Waals surface area contributed by atoms with Crippen molar-refractivity contribution < 1.29 is 4.79 Å². The summed E-state index contributed by atoms with van der Waals surface area (Å²) in [5.74, 6) is 1.46. The van der Waals surface area contributed by atoms with Gasteiger partial charge in [-0.25, -0.2) is 0 Å². The molecule has 1 fully saturated rings. The monoisotopic (exact) mass is 230 g/mol. The summed E-state index contributed by atoms with van der Waals surface area (Å²) in [6.07, 6.45) is 0. The van der Waals surface area contributed by atoms with Gasteiger partial charge in [0.2, 0.25) is 5.91 Å². The molecule has 0 aromatic rings. The summed E-state index contributed by atoms with van der Waals surface area (Å²) in [6.45, 7) is 8.03. The highest BCUT2D eigenvalue weighted by Crippen LogP contribution is 2.25. The molecule has 0 aliphatic carbocycles. The van der Waals surface area contributed by atoms with Gasteiger partial charge in [-0.3, -0.25) is 4.79 Å². The van der Waals surface area contributed by atoms with Crippen molar-refractivity contribution in [1.82, 2.24) is 10.2 Å².